The molecular weight excluding hydrogens is 601 g/mol. The van der Waals surface area contributed by atoms with Crippen LogP contribution in [-0.4, -0.2) is 49.4 Å². The number of carboxylic acids is 1. The third-order valence-corrected chi connectivity index (χ3v) is 9.60. The molecule has 1 unspecified atom stereocenters. The molecule has 0 radical (unpaired) electrons. The van der Waals surface area contributed by atoms with Gasteiger partial charge in [-0.1, -0.05) is 37.0 Å². The summed E-state index contributed by atoms with van der Waals surface area (Å²) < 4.78 is 58.3. The lowest BCUT2D eigenvalue weighted by Gasteiger charge is -2.41. The SMILES string of the molecule is CC1(C)CCC(N(CC(O)c2c(Cl)cc(F)cc2Cl)C(=O)c2cnn(C3CCC(C)(C(=O)O)CC3)c2C(F)(F)F)CC1. The minimum atomic E-state index is -4.93. The fourth-order valence-electron chi connectivity index (χ4n) is 6.17. The van der Waals surface area contributed by atoms with Crippen LogP contribution in [0.3, 0.4) is 0 Å². The predicted octanol–water partition coefficient (Wildman–Crippen LogP) is 7.70. The molecule has 1 aromatic heterocycles. The summed E-state index contributed by atoms with van der Waals surface area (Å²) in [5, 5.41) is 24.3. The zero-order chi connectivity index (χ0) is 31.2. The van der Waals surface area contributed by atoms with Crippen molar-refractivity contribution in [2.45, 2.75) is 96.5 Å². The van der Waals surface area contributed by atoms with E-state index in [2.05, 4.69) is 18.9 Å². The maximum atomic E-state index is 14.6. The van der Waals surface area contributed by atoms with Gasteiger partial charge >= 0.3 is 12.1 Å². The number of benzene rings is 1. The molecule has 2 aliphatic carbocycles. The average molecular weight is 637 g/mol. The van der Waals surface area contributed by atoms with Crippen LogP contribution in [0.2, 0.25) is 10.0 Å². The van der Waals surface area contributed by atoms with Gasteiger partial charge in [-0.15, -0.1) is 0 Å². The summed E-state index contributed by atoms with van der Waals surface area (Å²) in [6.07, 6.45) is -2.45. The highest BCUT2D eigenvalue weighted by atomic mass is 35.5. The van der Waals surface area contributed by atoms with E-state index >= 15 is 0 Å². The number of hydrogen-bond donors (Lipinski definition) is 2. The largest absolute Gasteiger partial charge is 0.481 e. The van der Waals surface area contributed by atoms with Crippen molar-refractivity contribution in [1.82, 2.24) is 14.7 Å². The van der Waals surface area contributed by atoms with Crippen LogP contribution >= 0.6 is 23.2 Å². The Bertz CT molecular complexity index is 1310. The van der Waals surface area contributed by atoms with Crippen LogP contribution in [0.15, 0.2) is 18.3 Å². The molecular formula is C29H35Cl2F4N3O4. The Labute approximate surface area is 251 Å². The van der Waals surface area contributed by atoms with Crippen molar-refractivity contribution in [2.75, 3.05) is 6.54 Å². The van der Waals surface area contributed by atoms with E-state index in [1.807, 2.05) is 0 Å². The second-order valence-electron chi connectivity index (χ2n) is 12.6. The van der Waals surface area contributed by atoms with Gasteiger partial charge in [-0.2, -0.15) is 18.3 Å². The summed E-state index contributed by atoms with van der Waals surface area (Å²) in [5.74, 6) is -2.67. The normalized spacial score (nSPS) is 23.9. The van der Waals surface area contributed by atoms with Crippen molar-refractivity contribution in [3.05, 3.63) is 51.0 Å². The van der Waals surface area contributed by atoms with Crippen molar-refractivity contribution < 1.29 is 37.4 Å². The standard InChI is InChI=1S/C29H35Cl2F4N3O4/c1-27(2)8-4-17(5-9-27)37(15-22(39)23-20(30)12-16(32)13-21(23)31)25(40)19-14-36-38(24(19)29(33,34)35)18-6-10-28(3,11-7-18)26(41)42/h12-14,17-18,22,39H,4-11,15H2,1-3H3,(H,41,42). The average Bonchev–Trinajstić information content (AvgIpc) is 3.33. The van der Waals surface area contributed by atoms with Crippen LogP contribution < -0.4 is 0 Å². The molecule has 1 atom stereocenters. The second-order valence-corrected chi connectivity index (χ2v) is 13.4. The number of aromatic nitrogens is 2. The van der Waals surface area contributed by atoms with Gasteiger partial charge < -0.3 is 15.1 Å². The molecule has 1 amide bonds. The summed E-state index contributed by atoms with van der Waals surface area (Å²) in [7, 11) is 0. The number of carbonyl (C=O) groups excluding carboxylic acids is 1. The second kappa shape index (κ2) is 12.0. The van der Waals surface area contributed by atoms with E-state index in [0.29, 0.717) is 25.7 Å². The molecule has 13 heteroatoms. The van der Waals surface area contributed by atoms with Crippen molar-refractivity contribution in [3.63, 3.8) is 0 Å². The molecule has 1 aromatic carbocycles. The first kappa shape index (κ1) is 32.5. The van der Waals surface area contributed by atoms with Gasteiger partial charge in [0.05, 0.1) is 45.9 Å². The Morgan fingerprint density at radius 2 is 1.62 bits per heavy atom. The first-order chi connectivity index (χ1) is 19.4. The van der Waals surface area contributed by atoms with Crippen molar-refractivity contribution in [3.8, 4) is 0 Å². The third kappa shape index (κ3) is 6.73. The highest BCUT2D eigenvalue weighted by Crippen LogP contribution is 2.44. The number of rotatable bonds is 7. The first-order valence-electron chi connectivity index (χ1n) is 13.9. The Morgan fingerprint density at radius 3 is 2.12 bits per heavy atom. The van der Waals surface area contributed by atoms with Gasteiger partial charge in [0.25, 0.3) is 5.91 Å². The van der Waals surface area contributed by atoms with Gasteiger partial charge in [-0.25, -0.2) is 4.39 Å². The minimum absolute atomic E-state index is 0.0130. The van der Waals surface area contributed by atoms with Gasteiger partial charge in [0, 0.05) is 11.6 Å². The molecule has 0 spiro atoms. The summed E-state index contributed by atoms with van der Waals surface area (Å²) in [6.45, 7) is 5.31. The lowest BCUT2D eigenvalue weighted by molar-refractivity contribution is -0.152. The van der Waals surface area contributed by atoms with E-state index in [4.69, 9.17) is 23.2 Å². The zero-order valence-corrected chi connectivity index (χ0v) is 25.2. The van der Waals surface area contributed by atoms with Gasteiger partial charge in [-0.05, 0) is 75.8 Å². The molecule has 7 nitrogen and oxygen atoms in total. The van der Waals surface area contributed by atoms with Crippen LogP contribution in [0, 0.1) is 16.6 Å². The highest BCUT2D eigenvalue weighted by Gasteiger charge is 2.46. The molecule has 1 heterocycles. The molecule has 2 aromatic rings. The molecule has 42 heavy (non-hydrogen) atoms. The molecule has 2 fully saturated rings. The Morgan fingerprint density at radius 1 is 1.07 bits per heavy atom. The van der Waals surface area contributed by atoms with E-state index in [1.54, 1.807) is 6.92 Å². The number of alkyl halides is 3. The number of carbonyl (C=O) groups is 2. The van der Waals surface area contributed by atoms with E-state index in [1.165, 1.54) is 4.90 Å². The maximum absolute atomic E-state index is 14.6. The molecule has 2 saturated carbocycles. The fraction of sp³-hybridized carbons (Fsp3) is 0.621. The highest BCUT2D eigenvalue weighted by molar-refractivity contribution is 6.36. The number of hydrogen-bond acceptors (Lipinski definition) is 4. The molecule has 2 N–H and O–H groups in total. The Balaban J connectivity index is 1.70. The molecule has 0 aliphatic heterocycles. The smallest absolute Gasteiger partial charge is 0.433 e. The maximum Gasteiger partial charge on any atom is 0.433 e. The van der Waals surface area contributed by atoms with E-state index < -0.39 is 65.3 Å². The number of amides is 1. The van der Waals surface area contributed by atoms with Gasteiger partial charge in [0.15, 0.2) is 5.69 Å². The number of nitrogens with zero attached hydrogens (tertiary/aromatic N) is 3. The number of aliphatic hydroxyl groups excluding tert-OH is 1. The van der Waals surface area contributed by atoms with Gasteiger partial charge in [0.2, 0.25) is 0 Å². The van der Waals surface area contributed by atoms with Crippen LogP contribution in [0.4, 0.5) is 17.6 Å². The first-order valence-corrected chi connectivity index (χ1v) is 14.7. The predicted molar refractivity (Wildman–Crippen MR) is 149 cm³/mol. The van der Waals surface area contributed by atoms with Crippen LogP contribution in [0.1, 0.15) is 106 Å². The molecule has 0 saturated heterocycles. The summed E-state index contributed by atoms with van der Waals surface area (Å²) in [6, 6.07) is 0.717. The number of aliphatic hydroxyl groups is 1. The van der Waals surface area contributed by atoms with Gasteiger partial charge in [0.1, 0.15) is 5.82 Å². The molecule has 232 valence electrons. The Kier molecular flexibility index (Phi) is 9.27. The third-order valence-electron chi connectivity index (χ3n) is 8.97. The van der Waals surface area contributed by atoms with Crippen LogP contribution in [0.5, 0.6) is 0 Å². The van der Waals surface area contributed by atoms with E-state index in [-0.39, 0.29) is 46.7 Å². The van der Waals surface area contributed by atoms with Gasteiger partial charge in [-0.3, -0.25) is 14.3 Å². The lowest BCUT2D eigenvalue weighted by atomic mass is 9.74. The number of aliphatic carboxylic acids is 1. The number of carboxylic acid groups (broad SMARTS) is 1. The molecule has 0 bridgehead atoms. The topological polar surface area (TPSA) is 95.7 Å². The van der Waals surface area contributed by atoms with Crippen molar-refractivity contribution >= 4 is 35.1 Å². The Hall–Kier alpha value is -2.37. The van der Waals surface area contributed by atoms with Crippen molar-refractivity contribution in [1.29, 1.82) is 0 Å². The van der Waals surface area contributed by atoms with Crippen LogP contribution in [-0.2, 0) is 11.0 Å². The minimum Gasteiger partial charge on any atom is -0.481 e. The summed E-state index contributed by atoms with van der Waals surface area (Å²) >= 11 is 12.3. The summed E-state index contributed by atoms with van der Waals surface area (Å²) in [4.78, 5) is 26.9. The van der Waals surface area contributed by atoms with E-state index in [0.717, 1.165) is 23.0 Å². The zero-order valence-electron chi connectivity index (χ0n) is 23.6. The van der Waals surface area contributed by atoms with Crippen LogP contribution in [0.25, 0.3) is 0 Å². The molecule has 2 aliphatic rings. The fourth-order valence-corrected chi connectivity index (χ4v) is 6.89. The lowest BCUT2D eigenvalue weighted by Crippen LogP contribution is -2.46. The summed E-state index contributed by atoms with van der Waals surface area (Å²) in [5.41, 5.74) is -2.93. The quantitative estimate of drug-likeness (QED) is 0.304. The number of halogens is 6. The van der Waals surface area contributed by atoms with Crippen molar-refractivity contribution in [2.24, 2.45) is 10.8 Å². The monoisotopic (exact) mass is 635 g/mol. The van der Waals surface area contributed by atoms with E-state index in [9.17, 15) is 37.4 Å². The molecule has 4 rings (SSSR count).